The summed E-state index contributed by atoms with van der Waals surface area (Å²) in [6.45, 7) is 12.7. The maximum atomic E-state index is 3.71. The van der Waals surface area contributed by atoms with Crippen molar-refractivity contribution in [1.82, 2.24) is 10.2 Å². The van der Waals surface area contributed by atoms with Crippen molar-refractivity contribution in [2.75, 3.05) is 19.6 Å². The summed E-state index contributed by atoms with van der Waals surface area (Å²) in [5.74, 6) is 0. The lowest BCUT2D eigenvalue weighted by molar-refractivity contribution is 0.107. The average molecular weight is 274 g/mol. The summed E-state index contributed by atoms with van der Waals surface area (Å²) in [5.41, 5.74) is 3.00. The lowest BCUT2D eigenvalue weighted by Gasteiger charge is -2.43. The number of benzene rings is 1. The van der Waals surface area contributed by atoms with Crippen molar-refractivity contribution in [3.05, 3.63) is 35.4 Å². The molecule has 1 N–H and O–H groups in total. The van der Waals surface area contributed by atoms with E-state index in [2.05, 4.69) is 62.2 Å². The summed E-state index contributed by atoms with van der Waals surface area (Å²) in [7, 11) is 0. The molecule has 2 heteroatoms. The minimum Gasteiger partial charge on any atom is -0.309 e. The van der Waals surface area contributed by atoms with Crippen molar-refractivity contribution in [3.8, 4) is 0 Å². The molecule has 20 heavy (non-hydrogen) atoms. The fraction of sp³-hybridized carbons (Fsp3) is 0.667. The minimum atomic E-state index is 0.167. The van der Waals surface area contributed by atoms with Gasteiger partial charge in [0.05, 0.1) is 6.04 Å². The third kappa shape index (κ3) is 3.24. The van der Waals surface area contributed by atoms with E-state index in [0.717, 1.165) is 13.0 Å². The molecule has 1 aliphatic rings. The molecule has 1 aromatic carbocycles. The largest absolute Gasteiger partial charge is 0.309 e. The summed E-state index contributed by atoms with van der Waals surface area (Å²) in [4.78, 5) is 2.65. The van der Waals surface area contributed by atoms with Crippen LogP contribution in [0.3, 0.4) is 0 Å². The van der Waals surface area contributed by atoms with E-state index in [-0.39, 0.29) is 5.54 Å². The molecule has 1 saturated heterocycles. The molecule has 1 unspecified atom stereocenters. The number of hydrogen-bond donors (Lipinski definition) is 1. The first-order valence-corrected chi connectivity index (χ1v) is 8.16. The molecule has 0 spiro atoms. The maximum absolute atomic E-state index is 3.71. The molecule has 2 nitrogen and oxygen atoms in total. The second-order valence-corrected chi connectivity index (χ2v) is 6.43. The molecule has 0 bridgehead atoms. The number of likely N-dealkylation sites (tertiary alicyclic amines) is 1. The first-order chi connectivity index (χ1) is 9.59. The third-order valence-electron chi connectivity index (χ3n) is 4.76. The monoisotopic (exact) mass is 274 g/mol. The van der Waals surface area contributed by atoms with E-state index in [1.807, 2.05) is 0 Å². The third-order valence-corrected chi connectivity index (χ3v) is 4.76. The molecule has 0 aliphatic carbocycles. The molecule has 1 aliphatic heterocycles. The van der Waals surface area contributed by atoms with Crippen molar-refractivity contribution >= 4 is 0 Å². The van der Waals surface area contributed by atoms with Gasteiger partial charge in [-0.2, -0.15) is 0 Å². The van der Waals surface area contributed by atoms with Crippen LogP contribution >= 0.6 is 0 Å². The van der Waals surface area contributed by atoms with E-state index >= 15 is 0 Å². The summed E-state index contributed by atoms with van der Waals surface area (Å²) in [5, 5.41) is 3.71. The zero-order valence-electron chi connectivity index (χ0n) is 13.6. The molecule has 112 valence electrons. The van der Waals surface area contributed by atoms with Crippen LogP contribution in [0.25, 0.3) is 0 Å². The highest BCUT2D eigenvalue weighted by atomic mass is 15.2. The predicted octanol–water partition coefficient (Wildman–Crippen LogP) is 3.77. The first kappa shape index (κ1) is 15.5. The SMILES string of the molecule is CCNC(c1ccc(CC)cc1)C(C)(C)N1CCCC1. The summed E-state index contributed by atoms with van der Waals surface area (Å²) >= 11 is 0. The van der Waals surface area contributed by atoms with Crippen molar-refractivity contribution < 1.29 is 0 Å². The summed E-state index contributed by atoms with van der Waals surface area (Å²) in [6.07, 6.45) is 3.80. The smallest absolute Gasteiger partial charge is 0.0501 e. The number of aryl methyl sites for hydroxylation is 1. The van der Waals surface area contributed by atoms with E-state index in [1.54, 1.807) is 0 Å². The van der Waals surface area contributed by atoms with E-state index in [1.165, 1.54) is 37.1 Å². The zero-order chi connectivity index (χ0) is 14.6. The van der Waals surface area contributed by atoms with Crippen LogP contribution in [-0.4, -0.2) is 30.1 Å². The second kappa shape index (κ2) is 6.73. The lowest BCUT2D eigenvalue weighted by atomic mass is 9.86. The van der Waals surface area contributed by atoms with Gasteiger partial charge in [-0.1, -0.05) is 38.1 Å². The van der Waals surface area contributed by atoms with Crippen LogP contribution in [0.2, 0.25) is 0 Å². The normalized spacial score (nSPS) is 18.4. The quantitative estimate of drug-likeness (QED) is 0.849. The molecule has 1 atom stereocenters. The Morgan fingerprint density at radius 3 is 2.20 bits per heavy atom. The highest BCUT2D eigenvalue weighted by molar-refractivity contribution is 5.27. The van der Waals surface area contributed by atoms with Gasteiger partial charge in [0, 0.05) is 5.54 Å². The molecule has 0 radical (unpaired) electrons. The molecule has 1 fully saturated rings. The van der Waals surface area contributed by atoms with Crippen LogP contribution in [-0.2, 0) is 6.42 Å². The Balaban J connectivity index is 2.23. The number of hydrogen-bond acceptors (Lipinski definition) is 2. The topological polar surface area (TPSA) is 15.3 Å². The van der Waals surface area contributed by atoms with Gasteiger partial charge in [0.15, 0.2) is 0 Å². The van der Waals surface area contributed by atoms with E-state index in [9.17, 15) is 0 Å². The van der Waals surface area contributed by atoms with Crippen molar-refractivity contribution in [1.29, 1.82) is 0 Å². The van der Waals surface area contributed by atoms with Gasteiger partial charge < -0.3 is 5.32 Å². The number of likely N-dealkylation sites (N-methyl/N-ethyl adjacent to an activating group) is 1. The molecule has 1 heterocycles. The Hall–Kier alpha value is -0.860. The van der Waals surface area contributed by atoms with Crippen LogP contribution in [0.15, 0.2) is 24.3 Å². The first-order valence-electron chi connectivity index (χ1n) is 8.16. The van der Waals surface area contributed by atoms with Crippen molar-refractivity contribution in [2.45, 2.75) is 58.5 Å². The predicted molar refractivity (Wildman–Crippen MR) is 87.1 cm³/mol. The highest BCUT2D eigenvalue weighted by Crippen LogP contribution is 2.33. The molecule has 0 saturated carbocycles. The van der Waals surface area contributed by atoms with Gasteiger partial charge in [0.2, 0.25) is 0 Å². The Labute approximate surface area is 124 Å². The lowest BCUT2D eigenvalue weighted by Crippen LogP contribution is -2.51. The fourth-order valence-corrected chi connectivity index (χ4v) is 3.40. The van der Waals surface area contributed by atoms with Gasteiger partial charge in [-0.25, -0.2) is 0 Å². The molecule has 2 rings (SSSR count). The van der Waals surface area contributed by atoms with Crippen molar-refractivity contribution in [3.63, 3.8) is 0 Å². The van der Waals surface area contributed by atoms with Gasteiger partial charge in [0.1, 0.15) is 0 Å². The standard InChI is InChI=1S/C18H30N2/c1-5-15-9-11-16(12-10-15)17(19-6-2)18(3,4)20-13-7-8-14-20/h9-12,17,19H,5-8,13-14H2,1-4H3. The highest BCUT2D eigenvalue weighted by Gasteiger charge is 2.37. The summed E-state index contributed by atoms with van der Waals surface area (Å²) < 4.78 is 0. The Bertz CT molecular complexity index is 402. The molecular formula is C18H30N2. The maximum Gasteiger partial charge on any atom is 0.0501 e. The van der Waals surface area contributed by atoms with E-state index in [0.29, 0.717) is 6.04 Å². The Morgan fingerprint density at radius 1 is 1.10 bits per heavy atom. The van der Waals surface area contributed by atoms with Gasteiger partial charge >= 0.3 is 0 Å². The van der Waals surface area contributed by atoms with Gasteiger partial charge in [-0.3, -0.25) is 4.90 Å². The van der Waals surface area contributed by atoms with Crippen LogP contribution in [0.4, 0.5) is 0 Å². The summed E-state index contributed by atoms with van der Waals surface area (Å²) in [6, 6.07) is 9.57. The molecule has 1 aromatic rings. The van der Waals surface area contributed by atoms with Gasteiger partial charge in [-0.05, 0) is 63.9 Å². The fourth-order valence-electron chi connectivity index (χ4n) is 3.40. The van der Waals surface area contributed by atoms with Gasteiger partial charge in [-0.15, -0.1) is 0 Å². The van der Waals surface area contributed by atoms with Crippen LogP contribution in [0, 0.1) is 0 Å². The number of nitrogens with zero attached hydrogens (tertiary/aromatic N) is 1. The van der Waals surface area contributed by atoms with Crippen LogP contribution in [0.1, 0.15) is 57.7 Å². The average Bonchev–Trinajstić information content (AvgIpc) is 3.00. The van der Waals surface area contributed by atoms with Crippen molar-refractivity contribution in [2.24, 2.45) is 0 Å². The van der Waals surface area contributed by atoms with Crippen LogP contribution < -0.4 is 5.32 Å². The number of nitrogens with one attached hydrogen (secondary N) is 1. The molecule has 0 amide bonds. The Kier molecular flexibility index (Phi) is 5.22. The Morgan fingerprint density at radius 2 is 1.70 bits per heavy atom. The van der Waals surface area contributed by atoms with E-state index in [4.69, 9.17) is 0 Å². The zero-order valence-corrected chi connectivity index (χ0v) is 13.6. The van der Waals surface area contributed by atoms with Gasteiger partial charge in [0.25, 0.3) is 0 Å². The molecular weight excluding hydrogens is 244 g/mol. The second-order valence-electron chi connectivity index (χ2n) is 6.43. The number of rotatable bonds is 6. The minimum absolute atomic E-state index is 0.167. The molecule has 0 aromatic heterocycles. The van der Waals surface area contributed by atoms with E-state index < -0.39 is 0 Å². The van der Waals surface area contributed by atoms with Crippen LogP contribution in [0.5, 0.6) is 0 Å².